The van der Waals surface area contributed by atoms with Crippen molar-refractivity contribution in [2.24, 2.45) is 0 Å². The van der Waals surface area contributed by atoms with Gasteiger partial charge in [-0.1, -0.05) is 18.2 Å². The van der Waals surface area contributed by atoms with Crippen LogP contribution in [0.2, 0.25) is 0 Å². The number of hydrogen-bond acceptors (Lipinski definition) is 6. The first kappa shape index (κ1) is 19.6. The summed E-state index contributed by atoms with van der Waals surface area (Å²) in [7, 11) is 0. The number of para-hydroxylation sites is 2. The van der Waals surface area contributed by atoms with Crippen molar-refractivity contribution in [2.45, 2.75) is 19.6 Å². The molecule has 1 fully saturated rings. The highest BCUT2D eigenvalue weighted by Crippen LogP contribution is 2.31. The van der Waals surface area contributed by atoms with E-state index in [2.05, 4.69) is 9.88 Å². The number of benzene rings is 1. The van der Waals surface area contributed by atoms with Crippen LogP contribution >= 0.6 is 0 Å². The number of aryl methyl sites for hydroxylation is 1. The van der Waals surface area contributed by atoms with Crippen LogP contribution in [0.1, 0.15) is 11.4 Å². The Bertz CT molecular complexity index is 1180. The van der Waals surface area contributed by atoms with Crippen LogP contribution < -0.4 is 15.0 Å². The predicted octanol–water partition coefficient (Wildman–Crippen LogP) is 1.49. The second-order valence-corrected chi connectivity index (χ2v) is 7.91. The lowest BCUT2D eigenvalue weighted by molar-refractivity contribution is -0.143. The minimum absolute atomic E-state index is 0.0493. The van der Waals surface area contributed by atoms with E-state index in [1.165, 1.54) is 0 Å². The summed E-state index contributed by atoms with van der Waals surface area (Å²) in [6.07, 6.45) is -0.619. The van der Waals surface area contributed by atoms with Crippen LogP contribution in [0.3, 0.4) is 0 Å². The molecule has 0 N–H and O–H groups in total. The summed E-state index contributed by atoms with van der Waals surface area (Å²) >= 11 is 0. The van der Waals surface area contributed by atoms with E-state index in [4.69, 9.17) is 9.47 Å². The monoisotopic (exact) mass is 420 g/mol. The number of aromatic nitrogens is 2. The molecule has 5 rings (SSSR count). The van der Waals surface area contributed by atoms with Gasteiger partial charge in [-0.3, -0.25) is 18.9 Å². The molecule has 2 aliphatic heterocycles. The first-order valence-electron chi connectivity index (χ1n) is 10.5. The van der Waals surface area contributed by atoms with Gasteiger partial charge in [0.25, 0.3) is 11.5 Å². The van der Waals surface area contributed by atoms with Crippen molar-refractivity contribution in [3.05, 3.63) is 70.3 Å². The summed E-state index contributed by atoms with van der Waals surface area (Å²) < 4.78 is 13.2. The smallest absolute Gasteiger partial charge is 0.267 e. The van der Waals surface area contributed by atoms with Gasteiger partial charge < -0.3 is 14.4 Å². The maximum atomic E-state index is 12.9. The fourth-order valence-electron chi connectivity index (χ4n) is 4.14. The van der Waals surface area contributed by atoms with Crippen LogP contribution in [-0.4, -0.2) is 64.0 Å². The third-order valence-electron chi connectivity index (χ3n) is 5.79. The summed E-state index contributed by atoms with van der Waals surface area (Å²) in [5.41, 5.74) is 2.20. The van der Waals surface area contributed by atoms with E-state index < -0.39 is 6.10 Å². The molecule has 160 valence electrons. The molecule has 8 nitrogen and oxygen atoms in total. The van der Waals surface area contributed by atoms with Gasteiger partial charge >= 0.3 is 0 Å². The Labute approximate surface area is 179 Å². The van der Waals surface area contributed by atoms with Gasteiger partial charge in [0.15, 0.2) is 11.5 Å². The van der Waals surface area contributed by atoms with Gasteiger partial charge in [-0.05, 0) is 31.2 Å². The zero-order valence-electron chi connectivity index (χ0n) is 17.4. The molecule has 8 heteroatoms. The topological polar surface area (TPSA) is 76.4 Å². The number of piperazine rings is 1. The molecule has 4 heterocycles. The number of hydrogen-bond donors (Lipinski definition) is 0. The lowest BCUT2D eigenvalue weighted by Gasteiger charge is -2.37. The fourth-order valence-corrected chi connectivity index (χ4v) is 4.14. The maximum Gasteiger partial charge on any atom is 0.267 e. The van der Waals surface area contributed by atoms with Crippen LogP contribution in [-0.2, 0) is 11.3 Å². The highest BCUT2D eigenvalue weighted by molar-refractivity contribution is 5.82. The first-order valence-corrected chi connectivity index (χ1v) is 10.5. The molecule has 0 saturated carbocycles. The van der Waals surface area contributed by atoms with Gasteiger partial charge in [-0.2, -0.15) is 0 Å². The zero-order chi connectivity index (χ0) is 21.4. The second kappa shape index (κ2) is 8.03. The van der Waals surface area contributed by atoms with Crippen molar-refractivity contribution in [1.29, 1.82) is 0 Å². The molecule has 0 unspecified atom stereocenters. The van der Waals surface area contributed by atoms with Crippen molar-refractivity contribution >= 4 is 11.6 Å². The first-order chi connectivity index (χ1) is 15.1. The van der Waals surface area contributed by atoms with E-state index in [-0.39, 0.29) is 18.1 Å². The second-order valence-electron chi connectivity index (χ2n) is 7.91. The molecule has 2 aromatic heterocycles. The summed E-state index contributed by atoms with van der Waals surface area (Å²) in [6.45, 7) is 5.33. The molecule has 1 saturated heterocycles. The van der Waals surface area contributed by atoms with Gasteiger partial charge in [-0.15, -0.1) is 0 Å². The molecule has 3 aromatic rings. The number of fused-ring (bicyclic) bond motifs is 2. The quantitative estimate of drug-likeness (QED) is 0.639. The van der Waals surface area contributed by atoms with E-state index in [0.717, 1.165) is 11.4 Å². The number of pyridine rings is 1. The normalized spacial score (nSPS) is 18.9. The Balaban J connectivity index is 1.21. The molecule has 1 atom stereocenters. The van der Waals surface area contributed by atoms with Gasteiger partial charge in [0.1, 0.15) is 12.3 Å². The maximum absolute atomic E-state index is 12.9. The molecule has 2 aliphatic rings. The summed E-state index contributed by atoms with van der Waals surface area (Å²) in [6, 6.07) is 14.6. The zero-order valence-corrected chi connectivity index (χ0v) is 17.4. The van der Waals surface area contributed by atoms with Crippen molar-refractivity contribution in [1.82, 2.24) is 19.2 Å². The Hall–Kier alpha value is -3.39. The highest BCUT2D eigenvalue weighted by Gasteiger charge is 2.32. The summed E-state index contributed by atoms with van der Waals surface area (Å²) in [5, 5.41) is 0. The van der Waals surface area contributed by atoms with Crippen LogP contribution in [0.15, 0.2) is 53.3 Å². The number of carbonyl (C=O) groups excluding carboxylic acids is 1. The SMILES string of the molecule is Cc1cccc2nc(CN3CCN(C(=O)[C@@H]4COc5ccccc5O4)CC3)cc(=O)n12. The molecular formula is C23H24N4O4. The molecule has 0 spiro atoms. The predicted molar refractivity (Wildman–Crippen MR) is 114 cm³/mol. The van der Waals surface area contributed by atoms with E-state index in [0.29, 0.717) is 49.9 Å². The standard InChI is InChI=1S/C23H24N4O4/c1-16-5-4-8-21-24-17(13-22(28)27(16)21)14-25-9-11-26(12-10-25)23(29)20-15-30-18-6-2-3-7-19(18)31-20/h2-8,13,20H,9-12,14-15H2,1H3/t20-/m0/s1. The summed E-state index contributed by atoms with van der Waals surface area (Å²) in [5.74, 6) is 1.23. The van der Waals surface area contributed by atoms with Crippen molar-refractivity contribution in [3.63, 3.8) is 0 Å². The number of nitrogens with zero attached hydrogens (tertiary/aromatic N) is 4. The van der Waals surface area contributed by atoms with E-state index in [9.17, 15) is 9.59 Å². The largest absolute Gasteiger partial charge is 0.485 e. The molecule has 0 radical (unpaired) electrons. The average Bonchev–Trinajstić information content (AvgIpc) is 2.78. The van der Waals surface area contributed by atoms with E-state index >= 15 is 0 Å². The number of amides is 1. The number of carbonyl (C=O) groups is 1. The Morgan fingerprint density at radius 1 is 1.06 bits per heavy atom. The molecule has 0 aliphatic carbocycles. The number of rotatable bonds is 3. The number of ether oxygens (including phenoxy) is 2. The van der Waals surface area contributed by atoms with Gasteiger partial charge in [0.05, 0.1) is 5.69 Å². The Kier molecular flexibility index (Phi) is 5.07. The van der Waals surface area contributed by atoms with Gasteiger partial charge in [-0.25, -0.2) is 4.98 Å². The minimum atomic E-state index is -0.619. The third kappa shape index (κ3) is 3.86. The van der Waals surface area contributed by atoms with Crippen LogP contribution in [0, 0.1) is 6.92 Å². The van der Waals surface area contributed by atoms with E-state index in [1.54, 1.807) is 10.5 Å². The van der Waals surface area contributed by atoms with Gasteiger partial charge in [0.2, 0.25) is 6.10 Å². The van der Waals surface area contributed by atoms with Crippen LogP contribution in [0.4, 0.5) is 0 Å². The molecule has 1 aromatic carbocycles. The van der Waals surface area contributed by atoms with Crippen LogP contribution in [0.5, 0.6) is 11.5 Å². The molecule has 1 amide bonds. The Morgan fingerprint density at radius 3 is 2.65 bits per heavy atom. The van der Waals surface area contributed by atoms with Crippen molar-refractivity contribution in [2.75, 3.05) is 32.8 Å². The molecular weight excluding hydrogens is 396 g/mol. The lowest BCUT2D eigenvalue weighted by Crippen LogP contribution is -2.53. The third-order valence-corrected chi connectivity index (χ3v) is 5.79. The molecule has 0 bridgehead atoms. The molecule has 31 heavy (non-hydrogen) atoms. The average molecular weight is 420 g/mol. The summed E-state index contributed by atoms with van der Waals surface area (Å²) in [4.78, 5) is 34.1. The highest BCUT2D eigenvalue weighted by atomic mass is 16.6. The van der Waals surface area contributed by atoms with Crippen LogP contribution in [0.25, 0.3) is 5.65 Å². The van der Waals surface area contributed by atoms with E-state index in [1.807, 2.05) is 54.3 Å². The minimum Gasteiger partial charge on any atom is -0.485 e. The van der Waals surface area contributed by atoms with Crippen molar-refractivity contribution in [3.8, 4) is 11.5 Å². The lowest BCUT2D eigenvalue weighted by atomic mass is 10.2. The fraction of sp³-hybridized carbons (Fsp3) is 0.348. The van der Waals surface area contributed by atoms with Crippen molar-refractivity contribution < 1.29 is 14.3 Å². The Morgan fingerprint density at radius 2 is 1.84 bits per heavy atom. The van der Waals surface area contributed by atoms with Gasteiger partial charge in [0, 0.05) is 44.5 Å².